The molecule has 10 heteroatoms. The van der Waals surface area contributed by atoms with E-state index in [4.69, 9.17) is 24.5 Å². The van der Waals surface area contributed by atoms with E-state index in [0.29, 0.717) is 17.8 Å². The molecule has 0 aliphatic carbocycles. The molecule has 0 saturated carbocycles. The van der Waals surface area contributed by atoms with E-state index in [1.807, 2.05) is 4.90 Å². The smallest absolute Gasteiger partial charge is 0.414 e. The van der Waals surface area contributed by atoms with Crippen LogP contribution in [0.1, 0.15) is 48.9 Å². The minimum Gasteiger partial charge on any atom is -0.473 e. The Labute approximate surface area is 186 Å². The molecule has 1 aromatic rings. The SMILES string of the molecule is O=C(CNCC1CCCO1)Nc1ccc(C(=O)N2CCCCCC2)cc1.O=C(O)C(=O)O. The Morgan fingerprint density at radius 3 is 2.09 bits per heavy atom. The summed E-state index contributed by atoms with van der Waals surface area (Å²) in [4.78, 5) is 44.7. The number of nitrogens with zero attached hydrogens (tertiary/aromatic N) is 1. The average molecular weight is 450 g/mol. The van der Waals surface area contributed by atoms with E-state index in [2.05, 4.69) is 10.6 Å². The molecule has 4 N–H and O–H groups in total. The molecule has 10 nitrogen and oxygen atoms in total. The van der Waals surface area contributed by atoms with Gasteiger partial charge >= 0.3 is 11.9 Å². The number of carbonyl (C=O) groups excluding carboxylic acids is 2. The third-order valence-electron chi connectivity index (χ3n) is 5.17. The standard InChI is InChI=1S/C20H29N3O3.C2H2O4/c24-19(15-21-14-18-6-5-13-26-18)22-17-9-7-16(8-10-17)20(25)23-11-3-1-2-4-12-23;3-1(4)2(5)6/h7-10,18,21H,1-6,11-15H2,(H,22,24);(H,3,4)(H,5,6). The van der Waals surface area contributed by atoms with Gasteiger partial charge in [0.25, 0.3) is 5.91 Å². The number of benzene rings is 1. The van der Waals surface area contributed by atoms with Crippen LogP contribution in [0.5, 0.6) is 0 Å². The first-order valence-electron chi connectivity index (χ1n) is 10.8. The fourth-order valence-corrected chi connectivity index (χ4v) is 3.51. The first-order chi connectivity index (χ1) is 15.4. The molecule has 2 amide bonds. The molecule has 1 aromatic carbocycles. The molecule has 0 aromatic heterocycles. The lowest BCUT2D eigenvalue weighted by Crippen LogP contribution is -2.33. The number of nitrogens with one attached hydrogen (secondary N) is 2. The lowest BCUT2D eigenvalue weighted by molar-refractivity contribution is -0.159. The third-order valence-corrected chi connectivity index (χ3v) is 5.17. The molecule has 0 bridgehead atoms. The summed E-state index contributed by atoms with van der Waals surface area (Å²) in [5.74, 6) is -3.65. The number of aliphatic carboxylic acids is 2. The maximum absolute atomic E-state index is 12.6. The number of hydrogen-bond acceptors (Lipinski definition) is 6. The summed E-state index contributed by atoms with van der Waals surface area (Å²) in [6.07, 6.45) is 6.96. The van der Waals surface area contributed by atoms with Gasteiger partial charge in [0.1, 0.15) is 0 Å². The van der Waals surface area contributed by atoms with Gasteiger partial charge in [-0.2, -0.15) is 0 Å². The van der Waals surface area contributed by atoms with E-state index in [9.17, 15) is 9.59 Å². The molecule has 0 spiro atoms. The van der Waals surface area contributed by atoms with Crippen molar-refractivity contribution < 1.29 is 34.1 Å². The minimum absolute atomic E-state index is 0.0861. The van der Waals surface area contributed by atoms with Gasteiger partial charge in [-0.1, -0.05) is 12.8 Å². The van der Waals surface area contributed by atoms with Crippen LogP contribution in [0, 0.1) is 0 Å². The number of amides is 2. The minimum atomic E-state index is -1.82. The summed E-state index contributed by atoms with van der Waals surface area (Å²) in [5, 5.41) is 20.8. The van der Waals surface area contributed by atoms with Gasteiger partial charge in [-0.25, -0.2) is 9.59 Å². The van der Waals surface area contributed by atoms with Gasteiger partial charge in [-0.05, 0) is 49.9 Å². The lowest BCUT2D eigenvalue weighted by Gasteiger charge is -2.20. The number of rotatable bonds is 6. The van der Waals surface area contributed by atoms with Crippen molar-refractivity contribution in [2.45, 2.75) is 44.6 Å². The Morgan fingerprint density at radius 1 is 0.938 bits per heavy atom. The van der Waals surface area contributed by atoms with Crippen molar-refractivity contribution in [1.82, 2.24) is 10.2 Å². The van der Waals surface area contributed by atoms with E-state index < -0.39 is 11.9 Å². The summed E-state index contributed by atoms with van der Waals surface area (Å²) < 4.78 is 5.52. The van der Waals surface area contributed by atoms with Crippen molar-refractivity contribution in [3.63, 3.8) is 0 Å². The van der Waals surface area contributed by atoms with E-state index in [1.165, 1.54) is 12.8 Å². The van der Waals surface area contributed by atoms with Crippen LogP contribution < -0.4 is 10.6 Å². The van der Waals surface area contributed by atoms with Gasteiger partial charge in [0.2, 0.25) is 5.91 Å². The van der Waals surface area contributed by atoms with Crippen molar-refractivity contribution in [3.8, 4) is 0 Å². The highest BCUT2D eigenvalue weighted by atomic mass is 16.5. The molecule has 32 heavy (non-hydrogen) atoms. The fourth-order valence-electron chi connectivity index (χ4n) is 3.51. The molecule has 2 aliphatic heterocycles. The maximum atomic E-state index is 12.6. The Bertz CT molecular complexity index is 756. The second-order valence-electron chi connectivity index (χ2n) is 7.71. The maximum Gasteiger partial charge on any atom is 0.414 e. The number of carboxylic acid groups (broad SMARTS) is 2. The van der Waals surface area contributed by atoms with Crippen LogP contribution >= 0.6 is 0 Å². The second kappa shape index (κ2) is 13.4. The van der Waals surface area contributed by atoms with Crippen LogP contribution in [-0.4, -0.2) is 77.8 Å². The molecule has 2 heterocycles. The summed E-state index contributed by atoms with van der Waals surface area (Å²) in [6, 6.07) is 7.18. The van der Waals surface area contributed by atoms with Crippen molar-refractivity contribution in [3.05, 3.63) is 29.8 Å². The van der Waals surface area contributed by atoms with E-state index >= 15 is 0 Å². The lowest BCUT2D eigenvalue weighted by atomic mass is 10.1. The Kier molecular flexibility index (Phi) is 10.6. The highest BCUT2D eigenvalue weighted by molar-refractivity contribution is 6.27. The average Bonchev–Trinajstić information content (AvgIpc) is 3.14. The normalized spacial score (nSPS) is 18.1. The van der Waals surface area contributed by atoms with Crippen LogP contribution in [0.25, 0.3) is 0 Å². The number of carboxylic acids is 2. The van der Waals surface area contributed by atoms with Gasteiger partial charge < -0.3 is 30.5 Å². The third kappa shape index (κ3) is 9.03. The first kappa shape index (κ1) is 25.3. The molecule has 2 saturated heterocycles. The predicted molar refractivity (Wildman–Crippen MR) is 117 cm³/mol. The molecule has 3 rings (SSSR count). The predicted octanol–water partition coefficient (Wildman–Crippen LogP) is 1.57. The number of likely N-dealkylation sites (tertiary alicyclic amines) is 1. The summed E-state index contributed by atoms with van der Waals surface area (Å²) in [7, 11) is 0. The molecule has 1 unspecified atom stereocenters. The second-order valence-corrected chi connectivity index (χ2v) is 7.71. The summed E-state index contributed by atoms with van der Waals surface area (Å²) >= 11 is 0. The first-order valence-corrected chi connectivity index (χ1v) is 10.8. The van der Waals surface area contributed by atoms with Crippen LogP contribution in [0.2, 0.25) is 0 Å². The number of ether oxygens (including phenoxy) is 1. The Hall–Kier alpha value is -2.98. The zero-order valence-electron chi connectivity index (χ0n) is 18.0. The van der Waals surface area contributed by atoms with Gasteiger partial charge in [0.15, 0.2) is 0 Å². The fraction of sp³-hybridized carbons (Fsp3) is 0.545. The quantitative estimate of drug-likeness (QED) is 0.479. The van der Waals surface area contributed by atoms with E-state index in [0.717, 1.165) is 45.4 Å². The molecule has 2 fully saturated rings. The molecule has 2 aliphatic rings. The van der Waals surface area contributed by atoms with Crippen LogP contribution in [0.4, 0.5) is 5.69 Å². The van der Waals surface area contributed by atoms with Crippen molar-refractivity contribution in [2.24, 2.45) is 0 Å². The van der Waals surface area contributed by atoms with Gasteiger partial charge in [-0.3, -0.25) is 9.59 Å². The topological polar surface area (TPSA) is 145 Å². The molecular weight excluding hydrogens is 418 g/mol. The Balaban J connectivity index is 0.000000534. The van der Waals surface area contributed by atoms with Crippen molar-refractivity contribution >= 4 is 29.4 Å². The zero-order valence-corrected chi connectivity index (χ0v) is 18.0. The summed E-state index contributed by atoms with van der Waals surface area (Å²) in [5.41, 5.74) is 1.39. The monoisotopic (exact) mass is 449 g/mol. The van der Waals surface area contributed by atoms with Crippen LogP contribution in [0.3, 0.4) is 0 Å². The van der Waals surface area contributed by atoms with Crippen LogP contribution in [0.15, 0.2) is 24.3 Å². The number of carbonyl (C=O) groups is 4. The van der Waals surface area contributed by atoms with Crippen LogP contribution in [-0.2, 0) is 19.1 Å². The Morgan fingerprint density at radius 2 is 1.56 bits per heavy atom. The van der Waals surface area contributed by atoms with Crippen molar-refractivity contribution in [2.75, 3.05) is 38.1 Å². The molecule has 0 radical (unpaired) electrons. The largest absolute Gasteiger partial charge is 0.473 e. The van der Waals surface area contributed by atoms with E-state index in [1.54, 1.807) is 24.3 Å². The van der Waals surface area contributed by atoms with E-state index in [-0.39, 0.29) is 24.5 Å². The number of anilines is 1. The van der Waals surface area contributed by atoms with Gasteiger partial charge in [0.05, 0.1) is 12.6 Å². The zero-order chi connectivity index (χ0) is 23.3. The number of hydrogen-bond donors (Lipinski definition) is 4. The molecular formula is C22H31N3O7. The van der Waals surface area contributed by atoms with Gasteiger partial charge in [-0.15, -0.1) is 0 Å². The van der Waals surface area contributed by atoms with Gasteiger partial charge in [0, 0.05) is 37.5 Å². The molecule has 176 valence electrons. The molecule has 1 atom stereocenters. The van der Waals surface area contributed by atoms with Crippen molar-refractivity contribution in [1.29, 1.82) is 0 Å². The summed E-state index contributed by atoms with van der Waals surface area (Å²) in [6.45, 7) is 3.47. The highest BCUT2D eigenvalue weighted by Crippen LogP contribution is 2.15. The highest BCUT2D eigenvalue weighted by Gasteiger charge is 2.17.